The highest BCUT2D eigenvalue weighted by Crippen LogP contribution is 2.64. The van der Waals surface area contributed by atoms with Gasteiger partial charge in [-0.3, -0.25) is 19.2 Å². The Morgan fingerprint density at radius 2 is 1.53 bits per heavy atom. The lowest BCUT2D eigenvalue weighted by Crippen LogP contribution is -2.82. The molecular formula is C46H50N2O14. The number of hydrogen-bond donors (Lipinski definition) is 4. The molecule has 16 heteroatoms. The molecule has 2 heterocycles. The molecule has 7 rings (SSSR count). The average molecular weight is 855 g/mol. The van der Waals surface area contributed by atoms with Crippen LogP contribution < -0.4 is 5.32 Å². The van der Waals surface area contributed by atoms with E-state index in [0.29, 0.717) is 5.56 Å². The fourth-order valence-electron chi connectivity index (χ4n) is 10.1. The second-order valence-electron chi connectivity index (χ2n) is 17.2. The lowest BCUT2D eigenvalue weighted by molar-refractivity contribution is -0.346. The molecule has 0 spiro atoms. The third-order valence-corrected chi connectivity index (χ3v) is 13.3. The number of carbonyl (C=O) groups is 6. The fraction of sp³-hybridized carbons (Fsp3) is 0.457. The summed E-state index contributed by atoms with van der Waals surface area (Å²) in [5.41, 5.74) is -7.40. The van der Waals surface area contributed by atoms with Gasteiger partial charge in [0.2, 0.25) is 0 Å². The first-order chi connectivity index (χ1) is 29.3. The highest BCUT2D eigenvalue weighted by atomic mass is 16.6. The molecule has 1 saturated heterocycles. The quantitative estimate of drug-likeness (QED) is 0.130. The number of aliphatic hydroxyl groups is 3. The molecule has 1 aromatic heterocycles. The van der Waals surface area contributed by atoms with Gasteiger partial charge in [-0.15, -0.1) is 0 Å². The zero-order valence-corrected chi connectivity index (χ0v) is 35.1. The van der Waals surface area contributed by atoms with Crippen LogP contribution in [0.4, 0.5) is 0 Å². The summed E-state index contributed by atoms with van der Waals surface area (Å²) in [5.74, 6) is -7.03. The molecule has 1 amide bonds. The van der Waals surface area contributed by atoms with Crippen LogP contribution in [0.5, 0.6) is 0 Å². The van der Waals surface area contributed by atoms with E-state index in [9.17, 15) is 39.3 Å². The van der Waals surface area contributed by atoms with Crippen LogP contribution in [0.2, 0.25) is 0 Å². The van der Waals surface area contributed by atoms with Gasteiger partial charge in [-0.25, -0.2) is 14.6 Å². The molecule has 62 heavy (non-hydrogen) atoms. The van der Waals surface area contributed by atoms with E-state index in [1.165, 1.54) is 32.2 Å². The smallest absolute Gasteiger partial charge is 0.357 e. The van der Waals surface area contributed by atoms with E-state index in [2.05, 4.69) is 10.3 Å². The van der Waals surface area contributed by atoms with Crippen molar-refractivity contribution in [2.24, 2.45) is 16.7 Å². The number of ether oxygens (including phenoxy) is 5. The van der Waals surface area contributed by atoms with E-state index < -0.39 is 113 Å². The van der Waals surface area contributed by atoms with E-state index in [4.69, 9.17) is 23.7 Å². The first kappa shape index (κ1) is 44.3. The van der Waals surface area contributed by atoms with Crippen molar-refractivity contribution in [2.45, 2.75) is 108 Å². The minimum absolute atomic E-state index is 0.0185. The largest absolute Gasteiger partial charge is 0.456 e. The molecule has 2 saturated carbocycles. The van der Waals surface area contributed by atoms with Gasteiger partial charge in [0.05, 0.1) is 30.1 Å². The second kappa shape index (κ2) is 16.5. The van der Waals surface area contributed by atoms with Gasteiger partial charge in [-0.2, -0.15) is 0 Å². The van der Waals surface area contributed by atoms with Gasteiger partial charge in [-0.05, 0) is 54.8 Å². The molecule has 4 N–H and O–H groups in total. The monoisotopic (exact) mass is 854 g/mol. The number of benzene rings is 2. The summed E-state index contributed by atoms with van der Waals surface area (Å²) < 4.78 is 30.2. The van der Waals surface area contributed by atoms with Crippen LogP contribution in [-0.4, -0.2) is 110 Å². The molecule has 11 atom stereocenters. The van der Waals surface area contributed by atoms with Crippen molar-refractivity contribution in [3.63, 3.8) is 0 Å². The predicted octanol–water partition coefficient (Wildman–Crippen LogP) is 3.13. The van der Waals surface area contributed by atoms with E-state index in [-0.39, 0.29) is 35.4 Å². The third-order valence-electron chi connectivity index (χ3n) is 13.3. The van der Waals surface area contributed by atoms with Crippen LogP contribution in [0, 0.1) is 16.7 Å². The zero-order chi connectivity index (χ0) is 44.9. The minimum atomic E-state index is -2.42. The van der Waals surface area contributed by atoms with Gasteiger partial charge in [0.15, 0.2) is 23.6 Å². The Hall–Kier alpha value is -5.81. The van der Waals surface area contributed by atoms with Gasteiger partial charge < -0.3 is 44.3 Å². The molecule has 3 fully saturated rings. The highest BCUT2D eigenvalue weighted by molar-refractivity contribution is 5.96. The summed E-state index contributed by atoms with van der Waals surface area (Å²) in [6, 6.07) is 19.5. The molecule has 3 aromatic rings. The molecule has 1 aliphatic heterocycles. The zero-order valence-electron chi connectivity index (χ0n) is 35.1. The maximum absolute atomic E-state index is 15.5. The number of pyridine rings is 1. The minimum Gasteiger partial charge on any atom is -0.456 e. The van der Waals surface area contributed by atoms with Gasteiger partial charge >= 0.3 is 23.9 Å². The highest BCUT2D eigenvalue weighted by Gasteiger charge is 2.78. The summed E-state index contributed by atoms with van der Waals surface area (Å²) in [4.78, 5) is 87.5. The molecule has 2 aromatic carbocycles. The van der Waals surface area contributed by atoms with Gasteiger partial charge in [0.1, 0.15) is 29.6 Å². The Morgan fingerprint density at radius 3 is 2.11 bits per heavy atom. The van der Waals surface area contributed by atoms with E-state index in [1.54, 1.807) is 80.6 Å². The Labute approximate surface area is 357 Å². The molecule has 1 unspecified atom stereocenters. The summed E-state index contributed by atoms with van der Waals surface area (Å²) >= 11 is 0. The lowest BCUT2D eigenvalue weighted by Gasteiger charge is -2.67. The Bertz CT molecular complexity index is 2290. The maximum Gasteiger partial charge on any atom is 0.357 e. The molecule has 2 bridgehead atoms. The van der Waals surface area contributed by atoms with Crippen LogP contribution in [0.1, 0.15) is 86.8 Å². The van der Waals surface area contributed by atoms with Crippen molar-refractivity contribution in [1.29, 1.82) is 0 Å². The van der Waals surface area contributed by atoms with Gasteiger partial charge in [0.25, 0.3) is 5.91 Å². The van der Waals surface area contributed by atoms with Gasteiger partial charge in [-0.1, -0.05) is 68.4 Å². The van der Waals surface area contributed by atoms with Crippen LogP contribution in [-0.2, 0) is 42.9 Å². The van der Waals surface area contributed by atoms with Crippen molar-refractivity contribution in [1.82, 2.24) is 10.3 Å². The summed E-state index contributed by atoms with van der Waals surface area (Å²) in [5, 5.41) is 40.2. The van der Waals surface area contributed by atoms with Crippen LogP contribution in [0.3, 0.4) is 0 Å². The average Bonchev–Trinajstić information content (AvgIpc) is 3.24. The Balaban J connectivity index is 1.39. The van der Waals surface area contributed by atoms with Crippen molar-refractivity contribution < 1.29 is 67.8 Å². The van der Waals surface area contributed by atoms with Crippen molar-refractivity contribution in [2.75, 3.05) is 6.61 Å². The van der Waals surface area contributed by atoms with Crippen molar-refractivity contribution >= 4 is 35.6 Å². The number of aromatic nitrogens is 1. The standard InChI is InChI=1S/C46H50N2O14/c1-24-30(60-42(56)35(52)34(27-15-9-7-10-16-27)48-40(54)28-17-11-8-12-18-28)22-46(57)39(61-41(55)29-19-13-14-20-47-29)37-44(6,31(51)21-32-45(37,23-58-32)62-26(3)50)38(53)36(59-25(2)49)33(24)43(46,4)5/h7-20,30-32,34-37,39,51-52,57H,21-23H2,1-6H3,(H,48,54)/t30-,31-,32?,34-,35+,36+,37-,39-,44+,45-,46+/m0/s1. The molecule has 0 radical (unpaired) electrons. The lowest BCUT2D eigenvalue weighted by atomic mass is 9.44. The first-order valence-electron chi connectivity index (χ1n) is 20.3. The Morgan fingerprint density at radius 1 is 0.887 bits per heavy atom. The first-order valence-corrected chi connectivity index (χ1v) is 20.3. The number of ketones is 1. The third kappa shape index (κ3) is 7.27. The number of Topliss-reactive ketones (excluding diaryl/α,β-unsaturated/α-hetero) is 1. The topological polar surface area (TPSA) is 234 Å². The number of fused-ring (bicyclic) bond motifs is 5. The number of esters is 4. The van der Waals surface area contributed by atoms with Crippen molar-refractivity contribution in [3.8, 4) is 0 Å². The maximum atomic E-state index is 15.5. The van der Waals surface area contributed by atoms with Gasteiger partial charge in [0, 0.05) is 43.9 Å². The number of aliphatic hydroxyl groups excluding tert-OH is 2. The summed E-state index contributed by atoms with van der Waals surface area (Å²) in [7, 11) is 0. The number of rotatable bonds is 10. The fourth-order valence-corrected chi connectivity index (χ4v) is 10.1. The molecular weight excluding hydrogens is 805 g/mol. The summed E-state index contributed by atoms with van der Waals surface area (Å²) in [6.07, 6.45) is -9.30. The number of amides is 1. The SMILES string of the molecule is CC(=O)O[C@H]1C(=O)[C@]2(C)[C@@H](O)CC3OC[C@@]3(OC(C)=O)[C@H]2[C@H](OC(=O)c2ccccn2)[C@]2(O)C[C@H](OC(=O)[C@H](O)[C@@H](NC(=O)c3ccccc3)c3ccccc3)C(C)=C1C2(C)C. The van der Waals surface area contributed by atoms with Crippen molar-refractivity contribution in [3.05, 3.63) is 113 Å². The van der Waals surface area contributed by atoms with Crippen LogP contribution in [0.25, 0.3) is 0 Å². The van der Waals surface area contributed by atoms with E-state index >= 15 is 4.79 Å². The summed E-state index contributed by atoms with van der Waals surface area (Å²) in [6.45, 7) is 7.88. The van der Waals surface area contributed by atoms with E-state index in [1.807, 2.05) is 0 Å². The molecule has 328 valence electrons. The normalized spacial score (nSPS) is 31.9. The molecule has 3 aliphatic carbocycles. The predicted molar refractivity (Wildman–Crippen MR) is 215 cm³/mol. The number of nitrogens with zero attached hydrogens (tertiary/aromatic N) is 1. The Kier molecular flexibility index (Phi) is 11.8. The number of nitrogens with one attached hydrogen (secondary N) is 1. The number of hydrogen-bond acceptors (Lipinski definition) is 15. The van der Waals surface area contributed by atoms with Crippen LogP contribution >= 0.6 is 0 Å². The van der Waals surface area contributed by atoms with E-state index in [0.717, 1.165) is 13.8 Å². The number of carbonyl (C=O) groups excluding carboxylic acids is 6. The second-order valence-corrected chi connectivity index (χ2v) is 17.2. The molecule has 16 nitrogen and oxygen atoms in total. The van der Waals surface area contributed by atoms with Crippen LogP contribution in [0.15, 0.2) is 96.2 Å². The molecule has 4 aliphatic rings.